The minimum absolute atomic E-state index is 0.0792. The number of nitrogen functional groups attached to an aromatic ring is 1. The Morgan fingerprint density at radius 3 is 2.96 bits per heavy atom. The van der Waals surface area contributed by atoms with Gasteiger partial charge in [-0.3, -0.25) is 4.79 Å². The van der Waals surface area contributed by atoms with E-state index in [2.05, 4.69) is 33.2 Å². The minimum atomic E-state index is -0.0792. The number of nitriles is 1. The molecule has 27 heavy (non-hydrogen) atoms. The zero-order valence-electron chi connectivity index (χ0n) is 14.4. The van der Waals surface area contributed by atoms with Gasteiger partial charge in [0.15, 0.2) is 0 Å². The molecule has 7 heteroatoms. The molecule has 0 bridgehead atoms. The number of benzene rings is 1. The van der Waals surface area contributed by atoms with E-state index in [4.69, 9.17) is 11.0 Å². The standard InChI is InChI=1S/C20H16N6O/c21-8-9-26-11-15(17-18(22)23-12-24-19(17)26)5-4-13-2-1-3-14(10-13)20(27)25-16-6-7-16/h1-3,10-12,16H,6-7,9H2,(H,25,27)(H2,22,23,24). The summed E-state index contributed by atoms with van der Waals surface area (Å²) in [5.74, 6) is 6.37. The normalized spacial score (nSPS) is 12.9. The van der Waals surface area contributed by atoms with Gasteiger partial charge in [-0.15, -0.1) is 0 Å². The lowest BCUT2D eigenvalue weighted by molar-refractivity contribution is 0.0951. The van der Waals surface area contributed by atoms with Crippen molar-refractivity contribution in [3.8, 4) is 17.9 Å². The number of hydrogen-bond donors (Lipinski definition) is 2. The van der Waals surface area contributed by atoms with Crippen LogP contribution in [0.2, 0.25) is 0 Å². The first-order valence-corrected chi connectivity index (χ1v) is 8.55. The van der Waals surface area contributed by atoms with E-state index in [1.807, 2.05) is 12.1 Å². The summed E-state index contributed by atoms with van der Waals surface area (Å²) >= 11 is 0. The van der Waals surface area contributed by atoms with Crippen LogP contribution in [0, 0.1) is 23.2 Å². The monoisotopic (exact) mass is 356 g/mol. The molecule has 0 radical (unpaired) electrons. The van der Waals surface area contributed by atoms with Crippen molar-refractivity contribution in [1.82, 2.24) is 19.9 Å². The number of carbonyl (C=O) groups is 1. The molecule has 3 aromatic rings. The third-order valence-corrected chi connectivity index (χ3v) is 4.30. The van der Waals surface area contributed by atoms with Crippen LogP contribution in [0.1, 0.15) is 34.3 Å². The molecule has 3 N–H and O–H groups in total. The fourth-order valence-electron chi connectivity index (χ4n) is 2.81. The van der Waals surface area contributed by atoms with Crippen LogP contribution in [-0.2, 0) is 6.54 Å². The molecular weight excluding hydrogens is 340 g/mol. The van der Waals surface area contributed by atoms with Crippen molar-refractivity contribution in [2.75, 3.05) is 5.73 Å². The van der Waals surface area contributed by atoms with Gasteiger partial charge in [0, 0.05) is 23.4 Å². The highest BCUT2D eigenvalue weighted by Gasteiger charge is 2.23. The highest BCUT2D eigenvalue weighted by molar-refractivity contribution is 5.95. The van der Waals surface area contributed by atoms with Crippen molar-refractivity contribution in [3.05, 3.63) is 53.5 Å². The summed E-state index contributed by atoms with van der Waals surface area (Å²) in [5.41, 5.74) is 8.51. The van der Waals surface area contributed by atoms with Crippen molar-refractivity contribution in [2.24, 2.45) is 0 Å². The summed E-state index contributed by atoms with van der Waals surface area (Å²) in [7, 11) is 0. The van der Waals surface area contributed by atoms with Gasteiger partial charge in [-0.1, -0.05) is 17.9 Å². The van der Waals surface area contributed by atoms with E-state index in [1.54, 1.807) is 22.9 Å². The number of nitrogens with two attached hydrogens (primary N) is 1. The molecule has 1 amide bonds. The summed E-state index contributed by atoms with van der Waals surface area (Å²) in [6, 6.07) is 9.58. The molecule has 1 aliphatic carbocycles. The maximum Gasteiger partial charge on any atom is 0.251 e. The molecule has 2 heterocycles. The minimum Gasteiger partial charge on any atom is -0.383 e. The molecule has 4 rings (SSSR count). The molecule has 7 nitrogen and oxygen atoms in total. The lowest BCUT2D eigenvalue weighted by atomic mass is 10.1. The van der Waals surface area contributed by atoms with Crippen molar-refractivity contribution in [1.29, 1.82) is 5.26 Å². The number of nitrogens with zero attached hydrogens (tertiary/aromatic N) is 4. The zero-order chi connectivity index (χ0) is 18.8. The van der Waals surface area contributed by atoms with Gasteiger partial charge in [-0.2, -0.15) is 5.26 Å². The molecule has 0 saturated heterocycles. The highest BCUT2D eigenvalue weighted by Crippen LogP contribution is 2.23. The van der Waals surface area contributed by atoms with Gasteiger partial charge in [0.25, 0.3) is 5.91 Å². The second kappa shape index (κ2) is 6.81. The Bertz CT molecular complexity index is 1140. The van der Waals surface area contributed by atoms with Crippen LogP contribution in [0.4, 0.5) is 5.82 Å². The fraction of sp³-hybridized carbons (Fsp3) is 0.200. The van der Waals surface area contributed by atoms with Crippen LogP contribution in [0.3, 0.4) is 0 Å². The number of nitrogens with one attached hydrogen (secondary N) is 1. The maximum absolute atomic E-state index is 12.2. The zero-order valence-corrected chi connectivity index (χ0v) is 14.4. The van der Waals surface area contributed by atoms with Crippen LogP contribution < -0.4 is 11.1 Å². The second-order valence-electron chi connectivity index (χ2n) is 6.36. The quantitative estimate of drug-likeness (QED) is 0.696. The highest BCUT2D eigenvalue weighted by atomic mass is 16.1. The number of amides is 1. The van der Waals surface area contributed by atoms with Crippen molar-refractivity contribution >= 4 is 22.8 Å². The van der Waals surface area contributed by atoms with E-state index in [0.29, 0.717) is 34.0 Å². The molecule has 0 atom stereocenters. The summed E-state index contributed by atoms with van der Waals surface area (Å²) in [6.07, 6.45) is 5.20. The van der Waals surface area contributed by atoms with Gasteiger partial charge in [-0.05, 0) is 31.0 Å². The molecule has 1 fully saturated rings. The second-order valence-corrected chi connectivity index (χ2v) is 6.36. The van der Waals surface area contributed by atoms with Gasteiger partial charge < -0.3 is 15.6 Å². The summed E-state index contributed by atoms with van der Waals surface area (Å²) in [6.45, 7) is 0.144. The SMILES string of the molecule is N#CCn1cc(C#Cc2cccc(C(=O)NC3CC3)c2)c2c(N)ncnc21. The average molecular weight is 356 g/mol. The Morgan fingerprint density at radius 1 is 1.33 bits per heavy atom. The molecule has 1 aliphatic rings. The molecule has 1 aromatic carbocycles. The third-order valence-electron chi connectivity index (χ3n) is 4.30. The Kier molecular flexibility index (Phi) is 4.19. The summed E-state index contributed by atoms with van der Waals surface area (Å²) < 4.78 is 1.69. The summed E-state index contributed by atoms with van der Waals surface area (Å²) in [5, 5.41) is 12.6. The fourth-order valence-corrected chi connectivity index (χ4v) is 2.81. The van der Waals surface area contributed by atoms with Crippen LogP contribution in [-0.4, -0.2) is 26.5 Å². The van der Waals surface area contributed by atoms with Gasteiger partial charge in [0.1, 0.15) is 24.3 Å². The Hall–Kier alpha value is -3.84. The number of anilines is 1. The van der Waals surface area contributed by atoms with Gasteiger partial charge in [0.2, 0.25) is 0 Å². The van der Waals surface area contributed by atoms with Crippen molar-refractivity contribution in [3.63, 3.8) is 0 Å². The van der Waals surface area contributed by atoms with Crippen LogP contribution >= 0.6 is 0 Å². The predicted octanol–water partition coefficient (Wildman–Crippen LogP) is 1.83. The summed E-state index contributed by atoms with van der Waals surface area (Å²) in [4.78, 5) is 20.4. The Morgan fingerprint density at radius 2 is 2.19 bits per heavy atom. The number of aromatic nitrogens is 3. The lowest BCUT2D eigenvalue weighted by Gasteiger charge is -2.03. The molecule has 0 unspecified atom stereocenters. The van der Waals surface area contributed by atoms with E-state index >= 15 is 0 Å². The van der Waals surface area contributed by atoms with Crippen LogP contribution in [0.15, 0.2) is 36.8 Å². The number of carbonyl (C=O) groups excluding carboxylic acids is 1. The van der Waals surface area contributed by atoms with Crippen molar-refractivity contribution in [2.45, 2.75) is 25.4 Å². The molecule has 1 saturated carbocycles. The first kappa shape index (κ1) is 16.6. The van der Waals surface area contributed by atoms with Gasteiger partial charge in [-0.25, -0.2) is 9.97 Å². The van der Waals surface area contributed by atoms with E-state index in [1.165, 1.54) is 6.33 Å². The van der Waals surface area contributed by atoms with E-state index < -0.39 is 0 Å². The van der Waals surface area contributed by atoms with Crippen molar-refractivity contribution < 1.29 is 4.79 Å². The average Bonchev–Trinajstić information content (AvgIpc) is 3.41. The predicted molar refractivity (Wildman–Crippen MR) is 100 cm³/mol. The third kappa shape index (κ3) is 3.44. The van der Waals surface area contributed by atoms with Crippen LogP contribution in [0.25, 0.3) is 11.0 Å². The smallest absolute Gasteiger partial charge is 0.251 e. The molecular formula is C20H16N6O. The largest absolute Gasteiger partial charge is 0.383 e. The Labute approximate surface area is 155 Å². The molecule has 0 aliphatic heterocycles. The topological polar surface area (TPSA) is 110 Å². The number of rotatable bonds is 3. The molecule has 2 aromatic heterocycles. The first-order chi connectivity index (χ1) is 13.2. The van der Waals surface area contributed by atoms with Crippen LogP contribution in [0.5, 0.6) is 0 Å². The van der Waals surface area contributed by atoms with E-state index in [-0.39, 0.29) is 12.5 Å². The van der Waals surface area contributed by atoms with Gasteiger partial charge in [0.05, 0.1) is 17.0 Å². The lowest BCUT2D eigenvalue weighted by Crippen LogP contribution is -2.25. The number of hydrogen-bond acceptors (Lipinski definition) is 5. The maximum atomic E-state index is 12.2. The molecule has 132 valence electrons. The van der Waals surface area contributed by atoms with Gasteiger partial charge >= 0.3 is 0 Å². The Balaban J connectivity index is 1.68. The molecule has 0 spiro atoms. The number of fused-ring (bicyclic) bond motifs is 1. The van der Waals surface area contributed by atoms with E-state index in [0.717, 1.165) is 18.4 Å². The van der Waals surface area contributed by atoms with E-state index in [9.17, 15) is 4.79 Å². The first-order valence-electron chi connectivity index (χ1n) is 8.55.